The summed E-state index contributed by atoms with van der Waals surface area (Å²) in [5, 5.41) is 9.14. The Morgan fingerprint density at radius 2 is 1.70 bits per heavy atom. The minimum Gasteiger partial charge on any atom is -0.493 e. The van der Waals surface area contributed by atoms with Gasteiger partial charge < -0.3 is 23.9 Å². The van der Waals surface area contributed by atoms with Gasteiger partial charge in [0.2, 0.25) is 0 Å². The molecule has 1 N–H and O–H groups in total. The third-order valence-corrected chi connectivity index (χ3v) is 9.70. The van der Waals surface area contributed by atoms with E-state index in [2.05, 4.69) is 4.98 Å². The fraction of sp³-hybridized carbons (Fsp3) is 0.333. The summed E-state index contributed by atoms with van der Waals surface area (Å²) >= 11 is 0. The summed E-state index contributed by atoms with van der Waals surface area (Å²) in [5.74, 6) is 0.227. The number of aromatic nitrogens is 5. The second-order valence-corrected chi connectivity index (χ2v) is 12.4. The Labute approximate surface area is 284 Å². The van der Waals surface area contributed by atoms with Crippen molar-refractivity contribution in [2.24, 2.45) is 7.05 Å². The number of Topliss-reactive ketones (excluding diaryl/α,β-unsaturated/α-hetero) is 1. The Balaban J connectivity index is 1.27. The zero-order valence-corrected chi connectivity index (χ0v) is 28.0. The van der Waals surface area contributed by atoms with Crippen LogP contribution in [0.1, 0.15) is 36.6 Å². The van der Waals surface area contributed by atoms with E-state index in [1.54, 1.807) is 50.4 Å². The van der Waals surface area contributed by atoms with E-state index in [0.29, 0.717) is 45.0 Å². The van der Waals surface area contributed by atoms with Gasteiger partial charge in [-0.3, -0.25) is 14.4 Å². The van der Waals surface area contributed by atoms with Crippen LogP contribution >= 0.6 is 0 Å². The fourth-order valence-electron chi connectivity index (χ4n) is 7.28. The number of rotatable bonds is 9. The fourth-order valence-corrected chi connectivity index (χ4v) is 7.28. The molecule has 0 amide bonds. The van der Waals surface area contributed by atoms with Crippen molar-refractivity contribution in [3.63, 3.8) is 0 Å². The van der Waals surface area contributed by atoms with Gasteiger partial charge in [-0.2, -0.15) is 0 Å². The molecule has 0 saturated carbocycles. The molecule has 2 aromatic carbocycles. The summed E-state index contributed by atoms with van der Waals surface area (Å²) in [6.45, 7) is 1.52. The van der Waals surface area contributed by atoms with Gasteiger partial charge in [0.1, 0.15) is 18.1 Å². The van der Waals surface area contributed by atoms with Crippen LogP contribution in [-0.4, -0.2) is 67.6 Å². The van der Waals surface area contributed by atoms with E-state index in [4.69, 9.17) is 19.3 Å². The molecular weight excluding hydrogens is 646 g/mol. The smallest absolute Gasteiger partial charge is 0.347 e. The standard InChI is InChI=1S/C36H35N5O9/c1-19-15-28(43)32-23(33(19)44)16-26-22(31(32)20-5-7-21(8-6-20)50-14-13-42)9-12-40-35(46)39(36(47)41(26)40)11-10-24-34(45)38(2)27-18-30(49-4)29(48-3)17-25(27)37-24/h5-9,15,17-18,26,31,42H,10-14,16H2,1-4H3/t26-,31+/m1/s1. The molecule has 1 aliphatic heterocycles. The molecule has 3 heterocycles. The van der Waals surface area contributed by atoms with Crippen molar-refractivity contribution >= 4 is 22.6 Å². The van der Waals surface area contributed by atoms with Crippen molar-refractivity contribution < 1.29 is 28.9 Å². The second kappa shape index (κ2) is 12.6. The molecule has 2 aromatic heterocycles. The van der Waals surface area contributed by atoms with Gasteiger partial charge in [-0.1, -0.05) is 18.2 Å². The number of fused-ring (bicyclic) bond motifs is 4. The average Bonchev–Trinajstić information content (AvgIpc) is 3.37. The summed E-state index contributed by atoms with van der Waals surface area (Å²) in [6.07, 6.45) is 3.27. The number of ketones is 2. The Bertz CT molecular complexity index is 2370. The number of benzene rings is 2. The molecule has 2 aliphatic carbocycles. The Kier molecular flexibility index (Phi) is 8.26. The lowest BCUT2D eigenvalue weighted by Crippen LogP contribution is -2.40. The quantitative estimate of drug-likeness (QED) is 0.203. The van der Waals surface area contributed by atoms with Crippen molar-refractivity contribution in [3.05, 3.63) is 113 Å². The monoisotopic (exact) mass is 681 g/mol. The SMILES string of the molecule is COc1cc2nc(CCn3c(=O)n4n(c3=O)[C@@H]3CC5=C(C(=O)C=C(C)C5=O)[C@@H](c5ccc(OCCO)cc5)C3=CC4)c(=O)n(C)c2cc1OC. The predicted molar refractivity (Wildman–Crippen MR) is 181 cm³/mol. The van der Waals surface area contributed by atoms with Gasteiger partial charge in [-0.15, -0.1) is 0 Å². The number of nitrogens with zero attached hydrogens (tertiary/aromatic N) is 5. The maximum absolute atomic E-state index is 14.1. The highest BCUT2D eigenvalue weighted by Crippen LogP contribution is 2.49. The normalized spacial score (nSPS) is 18.3. The van der Waals surface area contributed by atoms with Gasteiger partial charge in [-0.25, -0.2) is 28.5 Å². The molecular formula is C36H35N5O9. The molecule has 4 aromatic rings. The first-order valence-electron chi connectivity index (χ1n) is 16.2. The summed E-state index contributed by atoms with van der Waals surface area (Å²) < 4.78 is 21.5. The second-order valence-electron chi connectivity index (χ2n) is 12.4. The van der Waals surface area contributed by atoms with E-state index in [1.807, 2.05) is 6.08 Å². The van der Waals surface area contributed by atoms with Crippen molar-refractivity contribution in [3.8, 4) is 17.2 Å². The van der Waals surface area contributed by atoms with E-state index in [0.717, 1.165) is 15.7 Å². The van der Waals surface area contributed by atoms with Crippen molar-refractivity contribution in [1.29, 1.82) is 0 Å². The molecule has 0 spiro atoms. The van der Waals surface area contributed by atoms with Gasteiger partial charge in [0, 0.05) is 61.2 Å². The third-order valence-electron chi connectivity index (χ3n) is 9.70. The van der Waals surface area contributed by atoms with Crippen LogP contribution in [0.4, 0.5) is 0 Å². The van der Waals surface area contributed by atoms with Crippen molar-refractivity contribution in [2.75, 3.05) is 27.4 Å². The summed E-state index contributed by atoms with van der Waals surface area (Å²) in [4.78, 5) is 72.8. The first-order chi connectivity index (χ1) is 24.1. The van der Waals surface area contributed by atoms with Crippen LogP contribution in [0.15, 0.2) is 85.2 Å². The highest BCUT2D eigenvalue weighted by atomic mass is 16.5. The Morgan fingerprint density at radius 3 is 2.40 bits per heavy atom. The number of aliphatic hydroxyl groups is 1. The number of aliphatic hydroxyl groups excluding tert-OH is 1. The van der Waals surface area contributed by atoms with Gasteiger partial charge in [0.25, 0.3) is 5.56 Å². The molecule has 0 fully saturated rings. The lowest BCUT2D eigenvalue weighted by Gasteiger charge is -2.39. The molecule has 2 atom stereocenters. The van der Waals surface area contributed by atoms with Crippen LogP contribution in [0, 0.1) is 0 Å². The summed E-state index contributed by atoms with van der Waals surface area (Å²) in [6, 6.07) is 9.66. The predicted octanol–water partition coefficient (Wildman–Crippen LogP) is 1.75. The molecule has 14 heteroatoms. The Morgan fingerprint density at radius 1 is 0.980 bits per heavy atom. The van der Waals surface area contributed by atoms with Gasteiger partial charge >= 0.3 is 11.4 Å². The van der Waals surface area contributed by atoms with E-state index in [-0.39, 0.29) is 62.0 Å². The number of methoxy groups -OCH3 is 2. The van der Waals surface area contributed by atoms with E-state index in [1.165, 1.54) is 34.2 Å². The number of carbonyl (C=O) groups excluding carboxylic acids is 2. The molecule has 0 bridgehead atoms. The lowest BCUT2D eigenvalue weighted by molar-refractivity contribution is -0.116. The highest BCUT2D eigenvalue weighted by molar-refractivity contribution is 6.23. The lowest BCUT2D eigenvalue weighted by atomic mass is 9.68. The van der Waals surface area contributed by atoms with Gasteiger partial charge in [-0.05, 0) is 36.3 Å². The maximum Gasteiger partial charge on any atom is 0.347 e. The zero-order chi connectivity index (χ0) is 35.4. The van der Waals surface area contributed by atoms with Crippen LogP contribution in [0.5, 0.6) is 17.2 Å². The summed E-state index contributed by atoms with van der Waals surface area (Å²) in [7, 11) is 4.61. The molecule has 3 aliphatic rings. The minimum atomic E-state index is -0.712. The first kappa shape index (κ1) is 32.8. The minimum absolute atomic E-state index is 0.000669. The third kappa shape index (κ3) is 5.14. The van der Waals surface area contributed by atoms with E-state index < -0.39 is 23.3 Å². The average molecular weight is 682 g/mol. The molecule has 0 radical (unpaired) electrons. The highest BCUT2D eigenvalue weighted by Gasteiger charge is 2.44. The number of hydrogen-bond acceptors (Lipinski definition) is 10. The molecule has 14 nitrogen and oxygen atoms in total. The number of carbonyl (C=O) groups is 2. The molecule has 7 rings (SSSR count). The van der Waals surface area contributed by atoms with Crippen LogP contribution in [-0.2, 0) is 36.1 Å². The zero-order valence-electron chi connectivity index (χ0n) is 28.0. The van der Waals surface area contributed by atoms with Crippen LogP contribution < -0.4 is 31.1 Å². The topological polar surface area (TPSA) is 166 Å². The first-order valence-corrected chi connectivity index (χ1v) is 16.2. The Hall–Kier alpha value is -5.76. The van der Waals surface area contributed by atoms with E-state index in [9.17, 15) is 24.0 Å². The molecule has 0 unspecified atom stereocenters. The van der Waals surface area contributed by atoms with Gasteiger partial charge in [0.15, 0.2) is 23.1 Å². The summed E-state index contributed by atoms with van der Waals surface area (Å²) in [5.41, 5.74) is 2.09. The molecule has 0 saturated heterocycles. The van der Waals surface area contributed by atoms with E-state index >= 15 is 0 Å². The maximum atomic E-state index is 14.1. The number of hydrogen-bond donors (Lipinski definition) is 1. The molecule has 50 heavy (non-hydrogen) atoms. The van der Waals surface area contributed by atoms with Crippen molar-refractivity contribution in [1.82, 2.24) is 23.5 Å². The number of allylic oxidation sites excluding steroid dienone is 6. The number of aryl methyl sites for hydroxylation is 2. The number of ether oxygens (including phenoxy) is 3. The van der Waals surface area contributed by atoms with Gasteiger partial charge in [0.05, 0.1) is 44.4 Å². The van der Waals surface area contributed by atoms with Crippen LogP contribution in [0.3, 0.4) is 0 Å². The van der Waals surface area contributed by atoms with Crippen molar-refractivity contribution in [2.45, 2.75) is 44.8 Å². The van der Waals surface area contributed by atoms with Crippen LogP contribution in [0.2, 0.25) is 0 Å². The largest absolute Gasteiger partial charge is 0.493 e. The molecule has 258 valence electrons. The van der Waals surface area contributed by atoms with Crippen LogP contribution in [0.25, 0.3) is 11.0 Å².